The van der Waals surface area contributed by atoms with Crippen molar-refractivity contribution in [3.8, 4) is 0 Å². The first-order valence-corrected chi connectivity index (χ1v) is 7.48. The van der Waals surface area contributed by atoms with E-state index in [-0.39, 0.29) is 0 Å². The molecule has 0 amide bonds. The van der Waals surface area contributed by atoms with E-state index in [9.17, 15) is 0 Å². The summed E-state index contributed by atoms with van der Waals surface area (Å²) in [4.78, 5) is 8.28. The second-order valence-corrected chi connectivity index (χ2v) is 5.37. The summed E-state index contributed by atoms with van der Waals surface area (Å²) in [6.07, 6.45) is 4.29. The topological polar surface area (TPSA) is 28.2 Å². The minimum atomic E-state index is 0.969. The van der Waals surface area contributed by atoms with Crippen LogP contribution in [-0.4, -0.2) is 36.1 Å². The largest absolute Gasteiger partial charge is 0.312 e. The first kappa shape index (κ1) is 14.6. The van der Waals surface area contributed by atoms with Crippen molar-refractivity contribution in [1.29, 1.82) is 0 Å². The predicted molar refractivity (Wildman–Crippen MR) is 75.6 cm³/mol. The summed E-state index contributed by atoms with van der Waals surface area (Å²) in [5.74, 6) is 0. The number of aromatic nitrogens is 1. The third-order valence-electron chi connectivity index (χ3n) is 2.86. The Morgan fingerprint density at radius 3 is 2.71 bits per heavy atom. The van der Waals surface area contributed by atoms with E-state index in [1.54, 1.807) is 0 Å². The van der Waals surface area contributed by atoms with Crippen molar-refractivity contribution in [1.82, 2.24) is 15.2 Å². The minimum absolute atomic E-state index is 0.969. The summed E-state index contributed by atoms with van der Waals surface area (Å²) in [5.41, 5.74) is 0. The molecule has 0 fully saturated rings. The van der Waals surface area contributed by atoms with Crippen molar-refractivity contribution in [2.24, 2.45) is 0 Å². The summed E-state index contributed by atoms with van der Waals surface area (Å²) in [6, 6.07) is 0. The second-order valence-electron chi connectivity index (χ2n) is 4.17. The van der Waals surface area contributed by atoms with Gasteiger partial charge in [0.2, 0.25) is 0 Å². The van der Waals surface area contributed by atoms with Gasteiger partial charge in [-0.2, -0.15) is 0 Å². The molecule has 0 aliphatic carbocycles. The first-order chi connectivity index (χ1) is 8.30. The van der Waals surface area contributed by atoms with E-state index in [0.717, 1.165) is 39.1 Å². The molecule has 1 aromatic heterocycles. The Kier molecular flexibility index (Phi) is 7.40. The number of likely N-dealkylation sites (N-methyl/N-ethyl adjacent to an activating group) is 1. The first-order valence-electron chi connectivity index (χ1n) is 6.66. The molecule has 0 aromatic carbocycles. The summed E-state index contributed by atoms with van der Waals surface area (Å²) in [6.45, 7) is 12.1. The Morgan fingerprint density at radius 1 is 1.29 bits per heavy atom. The zero-order chi connectivity index (χ0) is 12.5. The average Bonchev–Trinajstić information content (AvgIpc) is 2.79. The summed E-state index contributed by atoms with van der Waals surface area (Å²) >= 11 is 1.85. The van der Waals surface area contributed by atoms with Gasteiger partial charge in [0, 0.05) is 30.6 Å². The van der Waals surface area contributed by atoms with Gasteiger partial charge in [-0.15, -0.1) is 11.3 Å². The van der Waals surface area contributed by atoms with Gasteiger partial charge < -0.3 is 10.2 Å². The monoisotopic (exact) mass is 255 g/mol. The molecule has 0 atom stereocenters. The molecule has 1 N–H and O–H groups in total. The van der Waals surface area contributed by atoms with Crippen LogP contribution in [0.5, 0.6) is 0 Å². The minimum Gasteiger partial charge on any atom is -0.312 e. The number of nitrogens with zero attached hydrogens (tertiary/aromatic N) is 2. The van der Waals surface area contributed by atoms with E-state index < -0.39 is 0 Å². The summed E-state index contributed by atoms with van der Waals surface area (Å²) in [7, 11) is 0. The Balaban J connectivity index is 2.30. The third-order valence-corrected chi connectivity index (χ3v) is 3.92. The maximum Gasteiger partial charge on any atom is 0.0940 e. The molecule has 0 radical (unpaired) electrons. The molecule has 0 spiro atoms. The number of hydrogen-bond acceptors (Lipinski definition) is 4. The van der Waals surface area contributed by atoms with Crippen LogP contribution >= 0.6 is 11.3 Å². The van der Waals surface area contributed by atoms with Gasteiger partial charge in [0.1, 0.15) is 0 Å². The third kappa shape index (κ3) is 5.61. The zero-order valence-corrected chi connectivity index (χ0v) is 12.1. The lowest BCUT2D eigenvalue weighted by molar-refractivity contribution is 0.308. The maximum absolute atomic E-state index is 4.49. The van der Waals surface area contributed by atoms with Crippen LogP contribution in [0.1, 0.15) is 37.1 Å². The van der Waals surface area contributed by atoms with Gasteiger partial charge in [0.05, 0.1) is 5.01 Å². The molecule has 98 valence electrons. The SMILES string of the molecule is CCCNCc1cnc(CCN(CC)CC)s1. The fourth-order valence-electron chi connectivity index (χ4n) is 1.73. The van der Waals surface area contributed by atoms with Gasteiger partial charge in [-0.25, -0.2) is 4.98 Å². The van der Waals surface area contributed by atoms with Gasteiger partial charge in [0.15, 0.2) is 0 Å². The standard InChI is InChI=1S/C13H25N3S/c1-4-8-14-10-12-11-15-13(17-12)7-9-16(5-2)6-3/h11,14H,4-10H2,1-3H3. The molecule has 0 aliphatic rings. The number of hydrogen-bond donors (Lipinski definition) is 1. The van der Waals surface area contributed by atoms with Crippen LogP contribution in [0.2, 0.25) is 0 Å². The Bertz CT molecular complexity index is 295. The van der Waals surface area contributed by atoms with Crippen molar-refractivity contribution >= 4 is 11.3 Å². The normalized spacial score (nSPS) is 11.3. The number of thiazole rings is 1. The average molecular weight is 255 g/mol. The van der Waals surface area contributed by atoms with Crippen LogP contribution in [0.25, 0.3) is 0 Å². The second kappa shape index (κ2) is 8.61. The van der Waals surface area contributed by atoms with Gasteiger partial charge in [0.25, 0.3) is 0 Å². The van der Waals surface area contributed by atoms with Crippen LogP contribution in [0, 0.1) is 0 Å². The molecule has 0 saturated heterocycles. The molecule has 0 bridgehead atoms. The van der Waals surface area contributed by atoms with Gasteiger partial charge in [-0.3, -0.25) is 0 Å². The maximum atomic E-state index is 4.49. The fourth-order valence-corrected chi connectivity index (χ4v) is 2.61. The van der Waals surface area contributed by atoms with Crippen molar-refractivity contribution in [2.45, 2.75) is 40.2 Å². The highest BCUT2D eigenvalue weighted by atomic mass is 32.1. The molecule has 1 aromatic rings. The van der Waals surface area contributed by atoms with E-state index >= 15 is 0 Å². The molecule has 17 heavy (non-hydrogen) atoms. The van der Waals surface area contributed by atoms with Crippen molar-refractivity contribution < 1.29 is 0 Å². The Morgan fingerprint density at radius 2 is 2.06 bits per heavy atom. The number of rotatable bonds is 9. The van der Waals surface area contributed by atoms with E-state index in [1.807, 2.05) is 17.5 Å². The summed E-state index contributed by atoms with van der Waals surface area (Å²) < 4.78 is 0. The zero-order valence-electron chi connectivity index (χ0n) is 11.3. The Labute approximate surface area is 109 Å². The fraction of sp³-hybridized carbons (Fsp3) is 0.769. The highest BCUT2D eigenvalue weighted by molar-refractivity contribution is 7.11. The predicted octanol–water partition coefficient (Wildman–Crippen LogP) is 2.53. The summed E-state index contributed by atoms with van der Waals surface area (Å²) in [5, 5.41) is 4.68. The van der Waals surface area contributed by atoms with Gasteiger partial charge in [-0.1, -0.05) is 20.8 Å². The van der Waals surface area contributed by atoms with E-state index in [1.165, 1.54) is 16.3 Å². The molecular weight excluding hydrogens is 230 g/mol. The molecule has 4 heteroatoms. The quantitative estimate of drug-likeness (QED) is 0.687. The molecule has 0 unspecified atom stereocenters. The lowest BCUT2D eigenvalue weighted by atomic mass is 10.4. The van der Waals surface area contributed by atoms with Gasteiger partial charge in [-0.05, 0) is 26.1 Å². The van der Waals surface area contributed by atoms with Crippen molar-refractivity contribution in [2.75, 3.05) is 26.2 Å². The molecular formula is C13H25N3S. The number of nitrogens with one attached hydrogen (secondary N) is 1. The lowest BCUT2D eigenvalue weighted by Gasteiger charge is -2.16. The smallest absolute Gasteiger partial charge is 0.0940 e. The highest BCUT2D eigenvalue weighted by Gasteiger charge is 2.04. The van der Waals surface area contributed by atoms with Crippen molar-refractivity contribution in [3.63, 3.8) is 0 Å². The Hall–Kier alpha value is -0.450. The van der Waals surface area contributed by atoms with Gasteiger partial charge >= 0.3 is 0 Å². The molecule has 0 saturated carbocycles. The van der Waals surface area contributed by atoms with Crippen LogP contribution in [0.3, 0.4) is 0 Å². The van der Waals surface area contributed by atoms with Crippen LogP contribution < -0.4 is 5.32 Å². The van der Waals surface area contributed by atoms with E-state index in [0.29, 0.717) is 0 Å². The van der Waals surface area contributed by atoms with Crippen molar-refractivity contribution in [3.05, 3.63) is 16.1 Å². The van der Waals surface area contributed by atoms with E-state index in [2.05, 4.69) is 36.0 Å². The van der Waals surface area contributed by atoms with E-state index in [4.69, 9.17) is 0 Å². The molecule has 0 aliphatic heterocycles. The van der Waals surface area contributed by atoms with Crippen LogP contribution in [-0.2, 0) is 13.0 Å². The molecule has 1 rings (SSSR count). The highest BCUT2D eigenvalue weighted by Crippen LogP contribution is 2.13. The molecule has 3 nitrogen and oxygen atoms in total. The van der Waals surface area contributed by atoms with Crippen LogP contribution in [0.4, 0.5) is 0 Å². The lowest BCUT2D eigenvalue weighted by Crippen LogP contribution is -2.25. The van der Waals surface area contributed by atoms with Crippen LogP contribution in [0.15, 0.2) is 6.20 Å². The molecule has 1 heterocycles.